The minimum atomic E-state index is -1.50. The highest BCUT2D eigenvalue weighted by molar-refractivity contribution is 4.94. The maximum Gasteiger partial charge on any atom is 0.141 e. The topological polar surface area (TPSA) is 29.5 Å². The lowest BCUT2D eigenvalue weighted by atomic mass is 9.82. The van der Waals surface area contributed by atoms with Gasteiger partial charge in [0.05, 0.1) is 12.7 Å². The molecule has 0 bridgehead atoms. The molecule has 1 heterocycles. The maximum atomic E-state index is 13.8. The molecule has 0 radical (unpaired) electrons. The van der Waals surface area contributed by atoms with Gasteiger partial charge in [0.2, 0.25) is 0 Å². The number of halogens is 1. The zero-order chi connectivity index (χ0) is 9.35. The van der Waals surface area contributed by atoms with Gasteiger partial charge in [-0.1, -0.05) is 13.8 Å². The average Bonchev–Trinajstić information content (AvgIpc) is 2.02. The van der Waals surface area contributed by atoms with E-state index in [1.54, 1.807) is 6.92 Å². The van der Waals surface area contributed by atoms with Crippen LogP contribution in [0.25, 0.3) is 0 Å². The predicted molar refractivity (Wildman–Crippen MR) is 44.7 cm³/mol. The summed E-state index contributed by atoms with van der Waals surface area (Å²) in [6, 6.07) is 0. The number of aliphatic hydroxyl groups is 1. The Morgan fingerprint density at radius 3 is 2.75 bits per heavy atom. The van der Waals surface area contributed by atoms with Crippen molar-refractivity contribution in [2.45, 2.75) is 45.1 Å². The number of alkyl halides is 1. The van der Waals surface area contributed by atoms with Crippen LogP contribution < -0.4 is 0 Å². The monoisotopic (exact) mass is 176 g/mol. The Morgan fingerprint density at radius 2 is 2.25 bits per heavy atom. The molecule has 0 aromatic carbocycles. The molecular weight excluding hydrogens is 159 g/mol. The number of hydrogen-bond donors (Lipinski definition) is 1. The largest absolute Gasteiger partial charge is 0.387 e. The van der Waals surface area contributed by atoms with Gasteiger partial charge in [0.1, 0.15) is 11.8 Å². The Hall–Kier alpha value is -0.150. The van der Waals surface area contributed by atoms with Crippen LogP contribution in [0.3, 0.4) is 0 Å². The van der Waals surface area contributed by atoms with E-state index < -0.39 is 11.8 Å². The molecule has 1 aliphatic rings. The summed E-state index contributed by atoms with van der Waals surface area (Å²) in [5.41, 5.74) is -1.50. The summed E-state index contributed by atoms with van der Waals surface area (Å²) in [6.07, 6.45) is -0.657. The Kier molecular flexibility index (Phi) is 2.74. The van der Waals surface area contributed by atoms with Gasteiger partial charge in [-0.05, 0) is 13.3 Å². The number of hydrogen-bond acceptors (Lipinski definition) is 2. The van der Waals surface area contributed by atoms with Crippen molar-refractivity contribution >= 4 is 0 Å². The molecular formula is C9H17FO2. The van der Waals surface area contributed by atoms with Gasteiger partial charge in [0.25, 0.3) is 0 Å². The van der Waals surface area contributed by atoms with E-state index in [0.29, 0.717) is 13.0 Å². The second-order valence-electron chi connectivity index (χ2n) is 3.78. The first-order valence-electron chi connectivity index (χ1n) is 4.48. The van der Waals surface area contributed by atoms with Crippen molar-refractivity contribution in [2.75, 3.05) is 6.61 Å². The molecule has 1 N–H and O–H groups in total. The maximum absolute atomic E-state index is 13.8. The van der Waals surface area contributed by atoms with Crippen molar-refractivity contribution in [3.63, 3.8) is 0 Å². The summed E-state index contributed by atoms with van der Waals surface area (Å²) in [5, 5.41) is 9.57. The van der Waals surface area contributed by atoms with Gasteiger partial charge in [0.15, 0.2) is 0 Å². The minimum Gasteiger partial charge on any atom is -0.387 e. The third kappa shape index (κ3) is 1.48. The Bertz CT molecular complexity index is 159. The van der Waals surface area contributed by atoms with Gasteiger partial charge in [0, 0.05) is 5.92 Å². The molecule has 0 aromatic heterocycles. The first-order valence-corrected chi connectivity index (χ1v) is 4.48. The van der Waals surface area contributed by atoms with Gasteiger partial charge >= 0.3 is 0 Å². The highest BCUT2D eigenvalue weighted by atomic mass is 19.1. The van der Waals surface area contributed by atoms with Crippen molar-refractivity contribution in [3.8, 4) is 0 Å². The standard InChI is InChI=1S/C9H17FO2/c1-4-7-8(11)9(3,10)6(2)5-12-7/h6-8,11H,4-5H2,1-3H3/t6-,7-,8?,9+/m1/s1. The molecule has 0 aliphatic carbocycles. The zero-order valence-electron chi connectivity index (χ0n) is 7.88. The third-order valence-corrected chi connectivity index (χ3v) is 2.86. The van der Waals surface area contributed by atoms with E-state index in [2.05, 4.69) is 0 Å². The van der Waals surface area contributed by atoms with E-state index in [1.165, 1.54) is 6.92 Å². The van der Waals surface area contributed by atoms with E-state index in [1.807, 2.05) is 6.92 Å². The zero-order valence-corrected chi connectivity index (χ0v) is 7.88. The number of aliphatic hydroxyl groups excluding tert-OH is 1. The molecule has 4 atom stereocenters. The fourth-order valence-corrected chi connectivity index (χ4v) is 1.52. The number of ether oxygens (including phenoxy) is 1. The number of rotatable bonds is 1. The van der Waals surface area contributed by atoms with Crippen LogP contribution in [0.5, 0.6) is 0 Å². The molecule has 0 saturated carbocycles. The van der Waals surface area contributed by atoms with Crippen LogP contribution in [0.4, 0.5) is 4.39 Å². The van der Waals surface area contributed by atoms with E-state index in [4.69, 9.17) is 4.74 Å². The van der Waals surface area contributed by atoms with Gasteiger partial charge in [-0.3, -0.25) is 0 Å². The SMILES string of the molecule is CC[C@H]1OC[C@@H](C)[C@](C)(F)C1O. The molecule has 1 fully saturated rings. The lowest BCUT2D eigenvalue weighted by molar-refractivity contribution is -0.178. The Balaban J connectivity index is 2.71. The Labute approximate surface area is 72.7 Å². The lowest BCUT2D eigenvalue weighted by Gasteiger charge is -2.41. The quantitative estimate of drug-likeness (QED) is 0.656. The molecule has 1 saturated heterocycles. The predicted octanol–water partition coefficient (Wildman–Crippen LogP) is 1.52. The summed E-state index contributed by atoms with van der Waals surface area (Å²) in [6.45, 7) is 5.51. The molecule has 1 rings (SSSR count). The molecule has 2 nitrogen and oxygen atoms in total. The molecule has 0 aromatic rings. The molecule has 1 unspecified atom stereocenters. The first-order chi connectivity index (χ1) is 5.50. The molecule has 0 spiro atoms. The van der Waals surface area contributed by atoms with Crippen LogP contribution >= 0.6 is 0 Å². The van der Waals surface area contributed by atoms with Gasteiger partial charge in [-0.2, -0.15) is 0 Å². The summed E-state index contributed by atoms with van der Waals surface area (Å²) < 4.78 is 19.1. The average molecular weight is 176 g/mol. The molecule has 3 heteroatoms. The van der Waals surface area contributed by atoms with Crippen LogP contribution in [-0.2, 0) is 4.74 Å². The van der Waals surface area contributed by atoms with Gasteiger partial charge < -0.3 is 9.84 Å². The normalized spacial score (nSPS) is 49.2. The Morgan fingerprint density at radius 1 is 1.67 bits per heavy atom. The fourth-order valence-electron chi connectivity index (χ4n) is 1.52. The van der Waals surface area contributed by atoms with E-state index in [0.717, 1.165) is 0 Å². The van der Waals surface area contributed by atoms with Crippen molar-refractivity contribution in [1.82, 2.24) is 0 Å². The third-order valence-electron chi connectivity index (χ3n) is 2.86. The second kappa shape index (κ2) is 3.30. The van der Waals surface area contributed by atoms with Crippen LogP contribution in [-0.4, -0.2) is 29.6 Å². The molecule has 12 heavy (non-hydrogen) atoms. The second-order valence-corrected chi connectivity index (χ2v) is 3.78. The van der Waals surface area contributed by atoms with Crippen LogP contribution in [0.2, 0.25) is 0 Å². The summed E-state index contributed by atoms with van der Waals surface area (Å²) in [7, 11) is 0. The van der Waals surface area contributed by atoms with Gasteiger partial charge in [-0.25, -0.2) is 4.39 Å². The van der Waals surface area contributed by atoms with Crippen molar-refractivity contribution in [1.29, 1.82) is 0 Å². The summed E-state index contributed by atoms with van der Waals surface area (Å²) in [4.78, 5) is 0. The summed E-state index contributed by atoms with van der Waals surface area (Å²) >= 11 is 0. The van der Waals surface area contributed by atoms with Crippen molar-refractivity contribution in [2.24, 2.45) is 5.92 Å². The van der Waals surface area contributed by atoms with Crippen molar-refractivity contribution in [3.05, 3.63) is 0 Å². The molecule has 72 valence electrons. The highest BCUT2D eigenvalue weighted by Crippen LogP contribution is 2.34. The highest BCUT2D eigenvalue weighted by Gasteiger charge is 2.46. The van der Waals surface area contributed by atoms with E-state index in [-0.39, 0.29) is 12.0 Å². The smallest absolute Gasteiger partial charge is 0.141 e. The molecule has 0 amide bonds. The lowest BCUT2D eigenvalue weighted by Crippen LogP contribution is -2.54. The molecule has 1 aliphatic heterocycles. The van der Waals surface area contributed by atoms with Gasteiger partial charge in [-0.15, -0.1) is 0 Å². The van der Waals surface area contributed by atoms with Crippen LogP contribution in [0.1, 0.15) is 27.2 Å². The van der Waals surface area contributed by atoms with Crippen molar-refractivity contribution < 1.29 is 14.2 Å². The van der Waals surface area contributed by atoms with Crippen LogP contribution in [0, 0.1) is 5.92 Å². The summed E-state index contributed by atoms with van der Waals surface area (Å²) in [5.74, 6) is -0.227. The van der Waals surface area contributed by atoms with E-state index >= 15 is 0 Å². The van der Waals surface area contributed by atoms with Crippen LogP contribution in [0.15, 0.2) is 0 Å². The van der Waals surface area contributed by atoms with E-state index in [9.17, 15) is 9.50 Å². The fraction of sp³-hybridized carbons (Fsp3) is 1.00. The minimum absolute atomic E-state index is 0.227. The first kappa shape index (κ1) is 9.93.